The Morgan fingerprint density at radius 3 is 2.37 bits per heavy atom. The van der Waals surface area contributed by atoms with Crippen LogP contribution in [0.4, 0.5) is 29.4 Å². The van der Waals surface area contributed by atoms with Crippen molar-refractivity contribution in [2.45, 2.75) is 0 Å². The molecule has 2 aromatic carbocycles. The summed E-state index contributed by atoms with van der Waals surface area (Å²) in [6, 6.07) is 9.62. The van der Waals surface area contributed by atoms with Gasteiger partial charge in [-0.3, -0.25) is 5.32 Å². The molecule has 0 aliphatic heterocycles. The van der Waals surface area contributed by atoms with E-state index in [1.165, 1.54) is 17.4 Å². The molecule has 1 aromatic heterocycles. The summed E-state index contributed by atoms with van der Waals surface area (Å²) in [6.07, 6.45) is 0. The number of hydrogen-bond donors (Lipinski definition) is 2. The lowest BCUT2D eigenvalue weighted by Gasteiger charge is -2.09. The van der Waals surface area contributed by atoms with Crippen molar-refractivity contribution in [3.8, 4) is 11.3 Å². The van der Waals surface area contributed by atoms with Crippen molar-refractivity contribution in [3.05, 3.63) is 59.1 Å². The van der Waals surface area contributed by atoms with Gasteiger partial charge in [0, 0.05) is 19.7 Å². The van der Waals surface area contributed by atoms with Crippen molar-refractivity contribution in [1.82, 2.24) is 4.98 Å². The summed E-state index contributed by atoms with van der Waals surface area (Å²) in [4.78, 5) is 18.6. The lowest BCUT2D eigenvalue weighted by molar-refractivity contribution is 0.262. The SMILES string of the molecule is CN(C)c1nc(-c2ccccc2Cl)c(NC(=O)Nc2c(F)cccc2F)s1. The van der Waals surface area contributed by atoms with Crippen LogP contribution in [0.5, 0.6) is 0 Å². The highest BCUT2D eigenvalue weighted by atomic mass is 35.5. The third kappa shape index (κ3) is 4.17. The first kappa shape index (κ1) is 19.1. The maximum Gasteiger partial charge on any atom is 0.324 e. The molecule has 0 fully saturated rings. The Morgan fingerprint density at radius 2 is 1.74 bits per heavy atom. The summed E-state index contributed by atoms with van der Waals surface area (Å²) < 4.78 is 27.5. The van der Waals surface area contributed by atoms with Gasteiger partial charge in [0.15, 0.2) is 5.13 Å². The van der Waals surface area contributed by atoms with E-state index in [1.54, 1.807) is 29.2 Å². The zero-order valence-corrected chi connectivity index (χ0v) is 16.0. The van der Waals surface area contributed by atoms with Crippen LogP contribution in [0.2, 0.25) is 5.02 Å². The number of halogens is 3. The molecule has 0 aliphatic rings. The van der Waals surface area contributed by atoms with E-state index in [-0.39, 0.29) is 0 Å². The number of carbonyl (C=O) groups excluding carboxylic acids is 1. The fourth-order valence-corrected chi connectivity index (χ4v) is 3.41. The first-order valence-electron chi connectivity index (χ1n) is 7.82. The fraction of sp³-hybridized carbons (Fsp3) is 0.111. The second-order valence-corrected chi connectivity index (χ2v) is 7.11. The monoisotopic (exact) mass is 408 g/mol. The molecule has 5 nitrogen and oxygen atoms in total. The van der Waals surface area contributed by atoms with Crippen LogP contribution in [0.15, 0.2) is 42.5 Å². The van der Waals surface area contributed by atoms with E-state index in [1.807, 2.05) is 14.1 Å². The van der Waals surface area contributed by atoms with E-state index in [4.69, 9.17) is 11.6 Å². The van der Waals surface area contributed by atoms with Gasteiger partial charge in [-0.1, -0.05) is 47.2 Å². The summed E-state index contributed by atoms with van der Waals surface area (Å²) in [5, 5.41) is 6.30. The highest BCUT2D eigenvalue weighted by molar-refractivity contribution is 7.20. The largest absolute Gasteiger partial charge is 0.354 e. The van der Waals surface area contributed by atoms with Gasteiger partial charge in [0.05, 0.1) is 5.02 Å². The van der Waals surface area contributed by atoms with Crippen LogP contribution in [-0.4, -0.2) is 25.1 Å². The second kappa shape index (κ2) is 7.89. The highest BCUT2D eigenvalue weighted by Crippen LogP contribution is 2.39. The minimum atomic E-state index is -0.866. The van der Waals surface area contributed by atoms with E-state index in [0.717, 1.165) is 12.1 Å². The number of urea groups is 1. The number of anilines is 3. The molecule has 0 radical (unpaired) electrons. The Morgan fingerprint density at radius 1 is 1.07 bits per heavy atom. The third-order valence-electron chi connectivity index (χ3n) is 3.56. The lowest BCUT2D eigenvalue weighted by Crippen LogP contribution is -2.20. The summed E-state index contributed by atoms with van der Waals surface area (Å²) in [7, 11) is 3.63. The molecular formula is C18H15ClF2N4OS. The molecule has 0 aliphatic carbocycles. The number of aromatic nitrogens is 1. The molecule has 1 heterocycles. The normalized spacial score (nSPS) is 10.6. The minimum Gasteiger partial charge on any atom is -0.354 e. The quantitative estimate of drug-likeness (QED) is 0.603. The number of rotatable bonds is 4. The maximum absolute atomic E-state index is 13.7. The number of carbonyl (C=O) groups is 1. The van der Waals surface area contributed by atoms with Crippen molar-refractivity contribution < 1.29 is 13.6 Å². The van der Waals surface area contributed by atoms with Gasteiger partial charge >= 0.3 is 6.03 Å². The van der Waals surface area contributed by atoms with Gasteiger partial charge in [-0.15, -0.1) is 0 Å². The zero-order chi connectivity index (χ0) is 19.6. The Labute approximate surface area is 163 Å². The van der Waals surface area contributed by atoms with Crippen LogP contribution in [0.1, 0.15) is 0 Å². The average molecular weight is 409 g/mol. The molecular weight excluding hydrogens is 394 g/mol. The van der Waals surface area contributed by atoms with Gasteiger partial charge in [0.25, 0.3) is 0 Å². The van der Waals surface area contributed by atoms with Gasteiger partial charge in [0.2, 0.25) is 0 Å². The topological polar surface area (TPSA) is 57.3 Å². The van der Waals surface area contributed by atoms with Crippen LogP contribution in [0, 0.1) is 11.6 Å². The minimum absolute atomic E-state index is 0.404. The summed E-state index contributed by atoms with van der Waals surface area (Å²) >= 11 is 7.47. The Balaban J connectivity index is 1.92. The van der Waals surface area contributed by atoms with Gasteiger partial charge < -0.3 is 10.2 Å². The molecule has 0 saturated heterocycles. The first-order chi connectivity index (χ1) is 12.9. The Hall–Kier alpha value is -2.71. The predicted molar refractivity (Wildman–Crippen MR) is 106 cm³/mol. The fourth-order valence-electron chi connectivity index (χ4n) is 2.29. The lowest BCUT2D eigenvalue weighted by atomic mass is 10.1. The van der Waals surface area contributed by atoms with Gasteiger partial charge in [-0.05, 0) is 18.2 Å². The van der Waals surface area contributed by atoms with E-state index in [2.05, 4.69) is 15.6 Å². The molecule has 0 spiro atoms. The van der Waals surface area contributed by atoms with Crippen LogP contribution in [-0.2, 0) is 0 Å². The van der Waals surface area contributed by atoms with Crippen LogP contribution < -0.4 is 15.5 Å². The molecule has 27 heavy (non-hydrogen) atoms. The third-order valence-corrected chi connectivity index (χ3v) is 5.02. The van der Waals surface area contributed by atoms with Crippen molar-refractivity contribution >= 4 is 44.8 Å². The number of nitrogens with zero attached hydrogens (tertiary/aromatic N) is 2. The molecule has 2 amide bonds. The zero-order valence-electron chi connectivity index (χ0n) is 14.4. The van der Waals surface area contributed by atoms with E-state index >= 15 is 0 Å². The molecule has 0 bridgehead atoms. The number of nitrogens with one attached hydrogen (secondary N) is 2. The molecule has 3 rings (SSSR count). The number of hydrogen-bond acceptors (Lipinski definition) is 4. The van der Waals surface area contributed by atoms with Crippen molar-refractivity contribution in [2.75, 3.05) is 29.6 Å². The number of amides is 2. The van der Waals surface area contributed by atoms with Gasteiger partial charge in [-0.2, -0.15) is 0 Å². The van der Waals surface area contributed by atoms with Crippen LogP contribution in [0.25, 0.3) is 11.3 Å². The first-order valence-corrected chi connectivity index (χ1v) is 9.01. The molecule has 0 atom stereocenters. The summed E-state index contributed by atoms with van der Waals surface area (Å²) in [5.41, 5.74) is 0.584. The molecule has 140 valence electrons. The average Bonchev–Trinajstić information content (AvgIpc) is 3.02. The number of benzene rings is 2. The van der Waals surface area contributed by atoms with Crippen molar-refractivity contribution in [1.29, 1.82) is 0 Å². The Kier molecular flexibility index (Phi) is 5.57. The van der Waals surface area contributed by atoms with E-state index < -0.39 is 23.4 Å². The molecule has 3 aromatic rings. The number of thiazole rings is 1. The molecule has 0 unspecified atom stereocenters. The van der Waals surface area contributed by atoms with E-state index in [9.17, 15) is 13.6 Å². The molecule has 0 saturated carbocycles. The summed E-state index contributed by atoms with van der Waals surface area (Å²) in [6.45, 7) is 0. The highest BCUT2D eigenvalue weighted by Gasteiger charge is 2.19. The van der Waals surface area contributed by atoms with Crippen LogP contribution in [0.3, 0.4) is 0 Å². The molecule has 9 heteroatoms. The number of para-hydroxylation sites is 1. The maximum atomic E-state index is 13.7. The van der Waals surface area contributed by atoms with Crippen LogP contribution >= 0.6 is 22.9 Å². The van der Waals surface area contributed by atoms with Gasteiger partial charge in [0.1, 0.15) is 28.0 Å². The summed E-state index contributed by atoms with van der Waals surface area (Å²) in [5.74, 6) is -1.73. The van der Waals surface area contributed by atoms with Crippen molar-refractivity contribution in [2.24, 2.45) is 0 Å². The predicted octanol–water partition coefficient (Wildman–Crippen LogP) is 5.45. The second-order valence-electron chi connectivity index (χ2n) is 5.72. The van der Waals surface area contributed by atoms with Gasteiger partial charge in [-0.25, -0.2) is 18.6 Å². The smallest absolute Gasteiger partial charge is 0.324 e. The Bertz CT molecular complexity index is 973. The van der Waals surface area contributed by atoms with E-state index in [0.29, 0.717) is 26.4 Å². The van der Waals surface area contributed by atoms with Crippen molar-refractivity contribution in [3.63, 3.8) is 0 Å². The standard InChI is InChI=1S/C18H15ClF2N4OS/c1-25(2)18-23-14(10-6-3-4-7-11(10)19)16(27-18)24-17(26)22-15-12(20)8-5-9-13(15)21/h3-9H,1-2H3,(H2,22,24,26). The molecule has 2 N–H and O–H groups in total.